The fourth-order valence-electron chi connectivity index (χ4n) is 3.02. The van der Waals surface area contributed by atoms with Crippen LogP contribution >= 0.6 is 0 Å². The summed E-state index contributed by atoms with van der Waals surface area (Å²) in [7, 11) is 0. The molecule has 0 aromatic rings. The molecule has 2 aliphatic carbocycles. The lowest BCUT2D eigenvalue weighted by molar-refractivity contribution is -0.127. The molecular weight excluding hydrogens is 174 g/mol. The second-order valence-corrected chi connectivity index (χ2v) is 5.10. The van der Waals surface area contributed by atoms with Gasteiger partial charge in [0.2, 0.25) is 5.91 Å². The molecule has 0 aliphatic heterocycles. The van der Waals surface area contributed by atoms with Gasteiger partial charge in [-0.1, -0.05) is 13.3 Å². The first-order chi connectivity index (χ1) is 6.70. The van der Waals surface area contributed by atoms with Crippen LogP contribution in [0.2, 0.25) is 0 Å². The molecule has 2 fully saturated rings. The maximum atomic E-state index is 11.9. The van der Waals surface area contributed by atoms with Crippen LogP contribution in [0.3, 0.4) is 0 Å². The average Bonchev–Trinajstić information content (AvgIpc) is 2.78. The molecule has 2 bridgehead atoms. The molecule has 0 spiro atoms. The van der Waals surface area contributed by atoms with Crippen LogP contribution in [0.4, 0.5) is 0 Å². The number of amides is 1. The zero-order valence-corrected chi connectivity index (χ0v) is 9.25. The Hall–Kier alpha value is -0.530. The van der Waals surface area contributed by atoms with Gasteiger partial charge in [-0.05, 0) is 44.4 Å². The Labute approximate surface area is 86.5 Å². The molecule has 1 amide bonds. The van der Waals surface area contributed by atoms with Crippen molar-refractivity contribution in [2.24, 2.45) is 17.8 Å². The zero-order chi connectivity index (χ0) is 10.1. The van der Waals surface area contributed by atoms with Crippen molar-refractivity contribution in [3.8, 4) is 0 Å². The van der Waals surface area contributed by atoms with Crippen molar-refractivity contribution < 1.29 is 4.79 Å². The molecule has 0 aromatic heterocycles. The lowest BCUT2D eigenvalue weighted by atomic mass is 9.88. The first-order valence-electron chi connectivity index (χ1n) is 6.01. The summed E-state index contributed by atoms with van der Waals surface area (Å²) >= 11 is 0. The summed E-state index contributed by atoms with van der Waals surface area (Å²) in [5, 5.41) is 3.12. The monoisotopic (exact) mass is 195 g/mol. The Morgan fingerprint density at radius 3 is 2.71 bits per heavy atom. The third kappa shape index (κ3) is 1.79. The Bertz CT molecular complexity index is 226. The second kappa shape index (κ2) is 3.92. The van der Waals surface area contributed by atoms with E-state index in [9.17, 15) is 4.79 Å². The van der Waals surface area contributed by atoms with Crippen molar-refractivity contribution in [1.82, 2.24) is 5.32 Å². The molecule has 2 rings (SSSR count). The van der Waals surface area contributed by atoms with Crippen molar-refractivity contribution in [3.05, 3.63) is 0 Å². The Kier molecular flexibility index (Phi) is 2.80. The van der Waals surface area contributed by atoms with E-state index in [0.29, 0.717) is 23.8 Å². The van der Waals surface area contributed by atoms with Crippen LogP contribution in [0, 0.1) is 17.8 Å². The van der Waals surface area contributed by atoms with Crippen LogP contribution in [0.1, 0.15) is 46.0 Å². The van der Waals surface area contributed by atoms with Crippen LogP contribution in [0.15, 0.2) is 0 Å². The highest BCUT2D eigenvalue weighted by Crippen LogP contribution is 2.48. The third-order valence-corrected chi connectivity index (χ3v) is 4.08. The van der Waals surface area contributed by atoms with Gasteiger partial charge in [-0.15, -0.1) is 0 Å². The van der Waals surface area contributed by atoms with E-state index in [0.717, 1.165) is 18.8 Å². The minimum atomic E-state index is 0.326. The van der Waals surface area contributed by atoms with E-state index in [-0.39, 0.29) is 0 Å². The zero-order valence-electron chi connectivity index (χ0n) is 9.25. The Morgan fingerprint density at radius 2 is 2.21 bits per heavy atom. The molecule has 2 heteroatoms. The van der Waals surface area contributed by atoms with E-state index in [2.05, 4.69) is 19.2 Å². The molecule has 80 valence electrons. The lowest BCUT2D eigenvalue weighted by Gasteiger charge is -2.22. The smallest absolute Gasteiger partial charge is 0.223 e. The number of hydrogen-bond acceptors (Lipinski definition) is 1. The maximum absolute atomic E-state index is 11.9. The van der Waals surface area contributed by atoms with E-state index in [1.807, 2.05) is 0 Å². The molecule has 0 heterocycles. The molecule has 0 aromatic carbocycles. The molecular formula is C12H21NO. The first kappa shape index (κ1) is 10.0. The molecule has 2 aliphatic rings. The minimum Gasteiger partial charge on any atom is -0.353 e. The summed E-state index contributed by atoms with van der Waals surface area (Å²) in [6, 6.07) is 0.349. The third-order valence-electron chi connectivity index (χ3n) is 4.08. The van der Waals surface area contributed by atoms with Gasteiger partial charge in [-0.3, -0.25) is 4.79 Å². The average molecular weight is 195 g/mol. The standard InChI is InChI=1S/C12H21NO/c1-3-8(2)13-12(14)11-7-9-4-5-10(11)6-9/h8-11H,3-7H2,1-2H3,(H,13,14)/t8-,9+,10+,11-/m1/s1. The number of rotatable bonds is 3. The van der Waals surface area contributed by atoms with Crippen molar-refractivity contribution in [2.45, 2.75) is 52.0 Å². The lowest BCUT2D eigenvalue weighted by Crippen LogP contribution is -2.38. The Balaban J connectivity index is 1.87. The number of nitrogens with one attached hydrogen (secondary N) is 1. The van der Waals surface area contributed by atoms with Gasteiger partial charge in [0.15, 0.2) is 0 Å². The largest absolute Gasteiger partial charge is 0.353 e. The molecule has 4 atom stereocenters. The number of carbonyl (C=O) groups excluding carboxylic acids is 1. The Morgan fingerprint density at radius 1 is 1.43 bits per heavy atom. The van der Waals surface area contributed by atoms with Crippen molar-refractivity contribution in [3.63, 3.8) is 0 Å². The van der Waals surface area contributed by atoms with Crippen LogP contribution in [-0.2, 0) is 4.79 Å². The highest BCUT2D eigenvalue weighted by atomic mass is 16.2. The summed E-state index contributed by atoms with van der Waals surface area (Å²) < 4.78 is 0. The molecule has 2 nitrogen and oxygen atoms in total. The quantitative estimate of drug-likeness (QED) is 0.735. The fourth-order valence-corrected chi connectivity index (χ4v) is 3.02. The first-order valence-corrected chi connectivity index (χ1v) is 6.01. The van der Waals surface area contributed by atoms with Crippen LogP contribution in [0.25, 0.3) is 0 Å². The van der Waals surface area contributed by atoms with Gasteiger partial charge in [0.25, 0.3) is 0 Å². The number of hydrogen-bond donors (Lipinski definition) is 1. The molecule has 14 heavy (non-hydrogen) atoms. The van der Waals surface area contributed by atoms with Crippen molar-refractivity contribution >= 4 is 5.91 Å². The van der Waals surface area contributed by atoms with E-state index in [4.69, 9.17) is 0 Å². The molecule has 1 N–H and O–H groups in total. The summed E-state index contributed by atoms with van der Waals surface area (Å²) in [5.74, 6) is 2.26. The van der Waals surface area contributed by atoms with Gasteiger partial charge in [0.1, 0.15) is 0 Å². The molecule has 0 saturated heterocycles. The minimum absolute atomic E-state index is 0.326. The van der Waals surface area contributed by atoms with Crippen molar-refractivity contribution in [1.29, 1.82) is 0 Å². The highest BCUT2D eigenvalue weighted by molar-refractivity contribution is 5.79. The van der Waals surface area contributed by atoms with Gasteiger partial charge < -0.3 is 5.32 Å². The predicted molar refractivity (Wildman–Crippen MR) is 56.8 cm³/mol. The molecule has 2 saturated carbocycles. The van der Waals surface area contributed by atoms with Crippen molar-refractivity contribution in [2.75, 3.05) is 0 Å². The normalized spacial score (nSPS) is 37.1. The summed E-state index contributed by atoms with van der Waals surface area (Å²) in [4.78, 5) is 11.9. The van der Waals surface area contributed by atoms with Gasteiger partial charge in [-0.2, -0.15) is 0 Å². The van der Waals surface area contributed by atoms with E-state index in [1.165, 1.54) is 19.3 Å². The maximum Gasteiger partial charge on any atom is 0.223 e. The topological polar surface area (TPSA) is 29.1 Å². The fraction of sp³-hybridized carbons (Fsp3) is 0.917. The van der Waals surface area contributed by atoms with E-state index in [1.54, 1.807) is 0 Å². The van der Waals surface area contributed by atoms with E-state index < -0.39 is 0 Å². The van der Waals surface area contributed by atoms with Gasteiger partial charge in [-0.25, -0.2) is 0 Å². The van der Waals surface area contributed by atoms with Crippen LogP contribution in [-0.4, -0.2) is 11.9 Å². The number of carbonyl (C=O) groups is 1. The van der Waals surface area contributed by atoms with Crippen LogP contribution < -0.4 is 5.32 Å². The number of fused-ring (bicyclic) bond motifs is 2. The molecule has 0 radical (unpaired) electrons. The van der Waals surface area contributed by atoms with E-state index >= 15 is 0 Å². The van der Waals surface area contributed by atoms with Gasteiger partial charge in [0, 0.05) is 12.0 Å². The van der Waals surface area contributed by atoms with Crippen LogP contribution in [0.5, 0.6) is 0 Å². The summed E-state index contributed by atoms with van der Waals surface area (Å²) in [5.41, 5.74) is 0. The summed E-state index contributed by atoms with van der Waals surface area (Å²) in [6.07, 6.45) is 6.18. The summed E-state index contributed by atoms with van der Waals surface area (Å²) in [6.45, 7) is 4.21. The second-order valence-electron chi connectivity index (χ2n) is 5.10. The predicted octanol–water partition coefficient (Wildman–Crippen LogP) is 2.34. The molecule has 0 unspecified atom stereocenters. The van der Waals surface area contributed by atoms with Gasteiger partial charge >= 0.3 is 0 Å². The van der Waals surface area contributed by atoms with Gasteiger partial charge in [0.05, 0.1) is 0 Å². The highest BCUT2D eigenvalue weighted by Gasteiger charge is 2.43. The SMILES string of the molecule is CC[C@@H](C)NC(=O)[C@@H]1C[C@H]2CC[C@H]1C2.